The van der Waals surface area contributed by atoms with Crippen LogP contribution in [0.1, 0.15) is 12.5 Å². The van der Waals surface area contributed by atoms with Gasteiger partial charge in [-0.3, -0.25) is 9.51 Å². The fraction of sp³-hybridized carbons (Fsp3) is 0.125. The van der Waals surface area contributed by atoms with Crippen LogP contribution >= 0.6 is 11.6 Å². The van der Waals surface area contributed by atoms with Crippen molar-refractivity contribution in [1.82, 2.24) is 10.1 Å². The summed E-state index contributed by atoms with van der Waals surface area (Å²) in [6, 6.07) is 13.6. The smallest absolute Gasteiger partial charge is 0.296 e. The summed E-state index contributed by atoms with van der Waals surface area (Å²) in [6.45, 7) is 2.06. The molecular weight excluding hydrogens is 288 g/mol. The van der Waals surface area contributed by atoms with Crippen molar-refractivity contribution in [3.8, 4) is 22.5 Å². The lowest BCUT2D eigenvalue weighted by atomic mass is 9.98. The van der Waals surface area contributed by atoms with Crippen LogP contribution in [0.4, 0.5) is 0 Å². The molecule has 0 aliphatic carbocycles. The van der Waals surface area contributed by atoms with Gasteiger partial charge in [0, 0.05) is 10.6 Å². The number of rotatable bonds is 3. The van der Waals surface area contributed by atoms with Crippen molar-refractivity contribution in [3.63, 3.8) is 0 Å². The molecule has 0 bridgehead atoms. The van der Waals surface area contributed by atoms with E-state index >= 15 is 0 Å². The van der Waals surface area contributed by atoms with Crippen molar-refractivity contribution in [2.45, 2.75) is 13.3 Å². The van der Waals surface area contributed by atoms with E-state index in [-0.39, 0.29) is 0 Å². The minimum Gasteiger partial charge on any atom is -0.296 e. The summed E-state index contributed by atoms with van der Waals surface area (Å²) < 4.78 is 4.58. The molecule has 1 heterocycles. The number of hydrogen-bond acceptors (Lipinski definition) is 3. The Labute approximate surface area is 126 Å². The lowest BCUT2D eigenvalue weighted by molar-refractivity contribution is 0.388. The topological polar surface area (TPSA) is 58.9 Å². The Morgan fingerprint density at radius 2 is 1.95 bits per heavy atom. The predicted octanol–water partition coefficient (Wildman–Crippen LogP) is 3.91. The molecule has 0 atom stereocenters. The predicted molar refractivity (Wildman–Crippen MR) is 82.4 cm³/mol. The zero-order chi connectivity index (χ0) is 14.8. The first kappa shape index (κ1) is 13.6. The fourth-order valence-electron chi connectivity index (χ4n) is 2.29. The Bertz CT molecular complexity index is 836. The number of aromatic amines is 1. The summed E-state index contributed by atoms with van der Waals surface area (Å²) >= 11 is 6.29. The quantitative estimate of drug-likeness (QED) is 0.797. The van der Waals surface area contributed by atoms with Gasteiger partial charge in [0.05, 0.1) is 0 Å². The number of hydrogen-bond donors (Lipinski definition) is 1. The molecule has 0 saturated carbocycles. The average molecular weight is 301 g/mol. The van der Waals surface area contributed by atoms with Crippen LogP contribution in [0.2, 0.25) is 5.02 Å². The van der Waals surface area contributed by atoms with Crippen LogP contribution in [0.25, 0.3) is 22.5 Å². The van der Waals surface area contributed by atoms with Gasteiger partial charge < -0.3 is 0 Å². The summed E-state index contributed by atoms with van der Waals surface area (Å²) in [5.41, 5.74) is 3.81. The fourth-order valence-corrected chi connectivity index (χ4v) is 2.60. The minimum atomic E-state index is -0.570. The number of H-pyrrole nitrogens is 1. The second-order valence-electron chi connectivity index (χ2n) is 4.65. The number of halogens is 1. The Morgan fingerprint density at radius 3 is 2.57 bits per heavy atom. The maximum absolute atomic E-state index is 11.1. The highest BCUT2D eigenvalue weighted by Crippen LogP contribution is 2.32. The molecule has 1 N–H and O–H groups in total. The van der Waals surface area contributed by atoms with Gasteiger partial charge in [0.2, 0.25) is 0 Å². The number of nitrogens with zero attached hydrogens (tertiary/aromatic N) is 1. The molecule has 0 amide bonds. The van der Waals surface area contributed by atoms with Crippen molar-refractivity contribution in [1.29, 1.82) is 0 Å². The maximum Gasteiger partial charge on any atom is 0.439 e. The Kier molecular flexibility index (Phi) is 3.62. The van der Waals surface area contributed by atoms with Gasteiger partial charge >= 0.3 is 5.76 Å². The molecule has 21 heavy (non-hydrogen) atoms. The summed E-state index contributed by atoms with van der Waals surface area (Å²) in [6.07, 6.45) is 0.886. The van der Waals surface area contributed by atoms with Gasteiger partial charge in [-0.2, -0.15) is 0 Å². The molecule has 106 valence electrons. The van der Waals surface area contributed by atoms with E-state index in [0.717, 1.165) is 33.7 Å². The van der Waals surface area contributed by atoms with E-state index in [0.29, 0.717) is 5.82 Å². The highest BCUT2D eigenvalue weighted by atomic mass is 35.5. The second kappa shape index (κ2) is 5.58. The molecule has 0 fully saturated rings. The van der Waals surface area contributed by atoms with Gasteiger partial charge in [0.15, 0.2) is 5.82 Å². The first-order valence-corrected chi connectivity index (χ1v) is 7.01. The third-order valence-electron chi connectivity index (χ3n) is 3.37. The Hall–Kier alpha value is -2.33. The maximum atomic E-state index is 11.1. The molecule has 3 rings (SSSR count). The monoisotopic (exact) mass is 300 g/mol. The first-order valence-electron chi connectivity index (χ1n) is 6.63. The van der Waals surface area contributed by atoms with Crippen LogP contribution in [-0.4, -0.2) is 10.1 Å². The molecule has 1 aromatic heterocycles. The van der Waals surface area contributed by atoms with Crippen LogP contribution in [0.15, 0.2) is 51.8 Å². The molecule has 5 heteroatoms. The lowest BCUT2D eigenvalue weighted by Gasteiger charge is -2.09. The Morgan fingerprint density at radius 1 is 1.19 bits per heavy atom. The largest absolute Gasteiger partial charge is 0.439 e. The second-order valence-corrected chi connectivity index (χ2v) is 5.06. The van der Waals surface area contributed by atoms with Crippen LogP contribution in [0.5, 0.6) is 0 Å². The summed E-state index contributed by atoms with van der Waals surface area (Å²) in [5.74, 6) is -0.162. The number of aromatic nitrogens is 2. The molecule has 4 nitrogen and oxygen atoms in total. The molecule has 2 aromatic carbocycles. The summed E-state index contributed by atoms with van der Waals surface area (Å²) in [4.78, 5) is 13.7. The molecule has 0 radical (unpaired) electrons. The van der Waals surface area contributed by atoms with Crippen LogP contribution in [0, 0.1) is 0 Å². The molecule has 0 spiro atoms. The number of benzene rings is 2. The SMILES string of the molecule is CCc1ccc(-c2ccccc2-c2noc(=O)[nH]2)cc1Cl. The molecule has 0 aliphatic rings. The van der Waals surface area contributed by atoms with E-state index in [1.807, 2.05) is 42.5 Å². The highest BCUT2D eigenvalue weighted by Gasteiger charge is 2.12. The highest BCUT2D eigenvalue weighted by molar-refractivity contribution is 6.31. The zero-order valence-corrected chi connectivity index (χ0v) is 12.1. The van der Waals surface area contributed by atoms with Gasteiger partial charge in [-0.15, -0.1) is 0 Å². The zero-order valence-electron chi connectivity index (χ0n) is 11.4. The van der Waals surface area contributed by atoms with Crippen molar-refractivity contribution in [2.75, 3.05) is 0 Å². The van der Waals surface area contributed by atoms with Gasteiger partial charge in [-0.05, 0) is 29.2 Å². The summed E-state index contributed by atoms with van der Waals surface area (Å²) in [5, 5.41) is 4.49. The van der Waals surface area contributed by atoms with Crippen molar-refractivity contribution >= 4 is 11.6 Å². The van der Waals surface area contributed by atoms with Crippen molar-refractivity contribution in [2.24, 2.45) is 0 Å². The minimum absolute atomic E-state index is 0.409. The van der Waals surface area contributed by atoms with Crippen LogP contribution < -0.4 is 5.76 Å². The van der Waals surface area contributed by atoms with Gasteiger partial charge in [-0.25, -0.2) is 4.79 Å². The van der Waals surface area contributed by atoms with Gasteiger partial charge in [0.25, 0.3) is 0 Å². The van der Waals surface area contributed by atoms with Crippen LogP contribution in [0.3, 0.4) is 0 Å². The van der Waals surface area contributed by atoms with E-state index in [1.165, 1.54) is 0 Å². The lowest BCUT2D eigenvalue weighted by Crippen LogP contribution is -1.95. The van der Waals surface area contributed by atoms with E-state index in [9.17, 15) is 4.79 Å². The molecular formula is C16H13ClN2O2. The Balaban J connectivity index is 2.15. The number of aryl methyl sites for hydroxylation is 1. The van der Waals surface area contributed by atoms with E-state index < -0.39 is 5.76 Å². The van der Waals surface area contributed by atoms with Crippen molar-refractivity contribution < 1.29 is 4.52 Å². The van der Waals surface area contributed by atoms with E-state index in [4.69, 9.17) is 11.6 Å². The van der Waals surface area contributed by atoms with Crippen LogP contribution in [-0.2, 0) is 6.42 Å². The van der Waals surface area contributed by atoms with Crippen molar-refractivity contribution in [3.05, 3.63) is 63.6 Å². The first-order chi connectivity index (χ1) is 10.2. The van der Waals surface area contributed by atoms with Gasteiger partial charge in [-0.1, -0.05) is 60.1 Å². The molecule has 0 aliphatic heterocycles. The summed E-state index contributed by atoms with van der Waals surface area (Å²) in [7, 11) is 0. The van der Waals surface area contributed by atoms with E-state index in [2.05, 4.69) is 21.6 Å². The molecule has 0 unspecified atom stereocenters. The van der Waals surface area contributed by atoms with E-state index in [1.54, 1.807) is 0 Å². The standard InChI is InChI=1S/C16H13ClN2O2/c1-2-10-7-8-11(9-14(10)17)12-5-3-4-6-13(12)15-18-16(20)21-19-15/h3-9H,2H2,1H3,(H,18,19,20). The third kappa shape index (κ3) is 2.62. The molecule has 3 aromatic rings. The van der Waals surface area contributed by atoms with Gasteiger partial charge in [0.1, 0.15) is 0 Å². The third-order valence-corrected chi connectivity index (χ3v) is 3.72. The molecule has 0 saturated heterocycles. The normalized spacial score (nSPS) is 10.8. The average Bonchev–Trinajstić information content (AvgIpc) is 2.93. The number of nitrogens with one attached hydrogen (secondary N) is 1.